The molecule has 0 N–H and O–H groups in total. The summed E-state index contributed by atoms with van der Waals surface area (Å²) in [6.45, 7) is 0. The zero-order chi connectivity index (χ0) is 38.9. The molecule has 59 heavy (non-hydrogen) atoms. The minimum atomic E-state index is 0.614. The van der Waals surface area contributed by atoms with Crippen molar-refractivity contribution < 1.29 is 8.83 Å². The standard InChI is InChI=1S/C55H34N2O2/c1-2-11-36(12-3-1)45-14-6-7-15-46(45)37-22-26-42(27-23-37)57(44-29-31-52-49(34-44)47-16-8-9-17-51(47)58-52)43-28-24-38-19-20-39-25-30-50-54(53(39)48(38)33-43)59-55(56-50)41-21-18-35-10-4-5-13-40(35)32-41/h1-34H. The summed E-state index contributed by atoms with van der Waals surface area (Å²) in [7, 11) is 0. The number of anilines is 3. The first-order chi connectivity index (χ1) is 29.2. The molecule has 0 radical (unpaired) electrons. The maximum Gasteiger partial charge on any atom is 0.227 e. The van der Waals surface area contributed by atoms with E-state index in [9.17, 15) is 0 Å². The van der Waals surface area contributed by atoms with Crippen LogP contribution < -0.4 is 4.90 Å². The Hall–Kier alpha value is -7.95. The monoisotopic (exact) mass is 754 g/mol. The van der Waals surface area contributed by atoms with Gasteiger partial charge in [-0.3, -0.25) is 0 Å². The van der Waals surface area contributed by atoms with Gasteiger partial charge in [-0.2, -0.15) is 0 Å². The van der Waals surface area contributed by atoms with Crippen molar-refractivity contribution in [3.8, 4) is 33.7 Å². The van der Waals surface area contributed by atoms with Gasteiger partial charge >= 0.3 is 0 Å². The third-order valence-electron chi connectivity index (χ3n) is 11.7. The molecule has 0 aliphatic rings. The molecular formula is C55H34N2O2. The van der Waals surface area contributed by atoms with E-state index in [1.807, 2.05) is 12.1 Å². The molecule has 2 heterocycles. The second-order valence-corrected chi connectivity index (χ2v) is 15.1. The van der Waals surface area contributed by atoms with E-state index in [1.54, 1.807) is 0 Å². The second-order valence-electron chi connectivity index (χ2n) is 15.1. The molecule has 0 saturated heterocycles. The number of nitrogens with zero attached hydrogens (tertiary/aromatic N) is 2. The highest BCUT2D eigenvalue weighted by molar-refractivity contribution is 6.19. The molecule has 2 aromatic heterocycles. The predicted molar refractivity (Wildman–Crippen MR) is 245 cm³/mol. The lowest BCUT2D eigenvalue weighted by Gasteiger charge is -2.26. The maximum absolute atomic E-state index is 6.74. The van der Waals surface area contributed by atoms with Gasteiger partial charge in [0, 0.05) is 38.8 Å². The van der Waals surface area contributed by atoms with E-state index in [0.29, 0.717) is 5.89 Å². The first kappa shape index (κ1) is 33.2. The minimum Gasteiger partial charge on any atom is -0.456 e. The number of aromatic nitrogens is 1. The van der Waals surface area contributed by atoms with Gasteiger partial charge in [0.05, 0.1) is 0 Å². The summed E-state index contributed by atoms with van der Waals surface area (Å²) in [5.74, 6) is 0.614. The zero-order valence-corrected chi connectivity index (χ0v) is 31.8. The van der Waals surface area contributed by atoms with Crippen LogP contribution in [0.2, 0.25) is 0 Å². The van der Waals surface area contributed by atoms with E-state index in [2.05, 4.69) is 199 Å². The Labute approximate surface area is 339 Å². The van der Waals surface area contributed by atoms with E-state index in [0.717, 1.165) is 88.2 Å². The van der Waals surface area contributed by atoms with Crippen LogP contribution in [0.15, 0.2) is 215 Å². The lowest BCUT2D eigenvalue weighted by molar-refractivity contribution is 0.623. The van der Waals surface area contributed by atoms with Crippen LogP contribution in [0.4, 0.5) is 17.1 Å². The van der Waals surface area contributed by atoms with E-state index < -0.39 is 0 Å². The van der Waals surface area contributed by atoms with Crippen LogP contribution in [-0.4, -0.2) is 4.98 Å². The van der Waals surface area contributed by atoms with Crippen LogP contribution >= 0.6 is 0 Å². The largest absolute Gasteiger partial charge is 0.456 e. The van der Waals surface area contributed by atoms with Crippen LogP contribution in [0.25, 0.3) is 99.1 Å². The molecule has 12 aromatic rings. The molecule has 0 aliphatic carbocycles. The van der Waals surface area contributed by atoms with E-state index in [-0.39, 0.29) is 0 Å². The van der Waals surface area contributed by atoms with Crippen molar-refractivity contribution in [2.24, 2.45) is 0 Å². The van der Waals surface area contributed by atoms with Crippen molar-refractivity contribution in [2.75, 3.05) is 4.90 Å². The fraction of sp³-hybridized carbons (Fsp3) is 0. The summed E-state index contributed by atoms with van der Waals surface area (Å²) >= 11 is 0. The van der Waals surface area contributed by atoms with Crippen LogP contribution in [0.5, 0.6) is 0 Å². The van der Waals surface area contributed by atoms with Crippen LogP contribution in [-0.2, 0) is 0 Å². The van der Waals surface area contributed by atoms with Gasteiger partial charge in [-0.05, 0) is 116 Å². The Morgan fingerprint density at radius 1 is 0.356 bits per heavy atom. The van der Waals surface area contributed by atoms with E-state index in [1.165, 1.54) is 22.1 Å². The first-order valence-electron chi connectivity index (χ1n) is 19.9. The van der Waals surface area contributed by atoms with Crippen LogP contribution in [0.3, 0.4) is 0 Å². The molecule has 4 heteroatoms. The molecule has 4 nitrogen and oxygen atoms in total. The summed E-state index contributed by atoms with van der Waals surface area (Å²) < 4.78 is 13.0. The van der Waals surface area contributed by atoms with Gasteiger partial charge in [-0.1, -0.05) is 140 Å². The van der Waals surface area contributed by atoms with Gasteiger partial charge < -0.3 is 13.7 Å². The number of hydrogen-bond donors (Lipinski definition) is 0. The van der Waals surface area contributed by atoms with Crippen molar-refractivity contribution in [3.05, 3.63) is 206 Å². The third-order valence-corrected chi connectivity index (χ3v) is 11.7. The van der Waals surface area contributed by atoms with Crippen molar-refractivity contribution in [1.29, 1.82) is 0 Å². The lowest BCUT2D eigenvalue weighted by atomic mass is 9.94. The quantitative estimate of drug-likeness (QED) is 0.159. The van der Waals surface area contributed by atoms with Gasteiger partial charge in [0.15, 0.2) is 5.58 Å². The predicted octanol–water partition coefficient (Wildman–Crippen LogP) is 15.7. The van der Waals surface area contributed by atoms with Crippen molar-refractivity contribution in [2.45, 2.75) is 0 Å². The van der Waals surface area contributed by atoms with Gasteiger partial charge in [0.1, 0.15) is 16.7 Å². The maximum atomic E-state index is 6.74. The highest BCUT2D eigenvalue weighted by Crippen LogP contribution is 2.43. The molecule has 0 unspecified atom stereocenters. The van der Waals surface area contributed by atoms with Crippen molar-refractivity contribution >= 4 is 82.4 Å². The number of oxazole rings is 1. The van der Waals surface area contributed by atoms with Crippen molar-refractivity contribution in [1.82, 2.24) is 4.98 Å². The molecule has 0 bridgehead atoms. The average Bonchev–Trinajstić information content (AvgIpc) is 3.91. The molecule has 0 saturated carbocycles. The fourth-order valence-corrected chi connectivity index (χ4v) is 8.79. The Kier molecular flexibility index (Phi) is 7.50. The van der Waals surface area contributed by atoms with Crippen molar-refractivity contribution in [3.63, 3.8) is 0 Å². The summed E-state index contributed by atoms with van der Waals surface area (Å²) in [6.07, 6.45) is 0. The highest BCUT2D eigenvalue weighted by Gasteiger charge is 2.19. The second kappa shape index (κ2) is 13.3. The van der Waals surface area contributed by atoms with Gasteiger partial charge in [-0.25, -0.2) is 4.98 Å². The highest BCUT2D eigenvalue weighted by atomic mass is 16.3. The summed E-state index contributed by atoms with van der Waals surface area (Å²) in [6, 6.07) is 73.0. The number of furan rings is 1. The molecular weight excluding hydrogens is 721 g/mol. The first-order valence-corrected chi connectivity index (χ1v) is 19.9. The lowest BCUT2D eigenvalue weighted by Crippen LogP contribution is -2.09. The normalized spacial score (nSPS) is 11.7. The SMILES string of the molecule is c1ccc(-c2ccccc2-c2ccc(N(c3ccc4oc5ccccc5c4c3)c3ccc4ccc5ccc6nc(-c7ccc8ccccc8c7)oc6c5c4c3)cc2)cc1. The zero-order valence-electron chi connectivity index (χ0n) is 31.8. The van der Waals surface area contributed by atoms with Gasteiger partial charge in [0.2, 0.25) is 5.89 Å². The molecule has 12 rings (SSSR count). The Balaban J connectivity index is 1.04. The summed E-state index contributed by atoms with van der Waals surface area (Å²) in [4.78, 5) is 7.36. The van der Waals surface area contributed by atoms with E-state index in [4.69, 9.17) is 13.8 Å². The van der Waals surface area contributed by atoms with Gasteiger partial charge in [0.25, 0.3) is 0 Å². The van der Waals surface area contributed by atoms with Gasteiger partial charge in [-0.15, -0.1) is 0 Å². The molecule has 276 valence electrons. The number of hydrogen-bond acceptors (Lipinski definition) is 4. The molecule has 0 aliphatic heterocycles. The Morgan fingerprint density at radius 3 is 1.80 bits per heavy atom. The molecule has 0 amide bonds. The summed E-state index contributed by atoms with van der Waals surface area (Å²) in [5, 5.41) is 8.88. The number of benzene rings is 10. The number of rotatable bonds is 6. The third kappa shape index (κ3) is 5.57. The molecule has 10 aromatic carbocycles. The minimum absolute atomic E-state index is 0.614. The van der Waals surface area contributed by atoms with Crippen LogP contribution in [0, 0.1) is 0 Å². The molecule has 0 fully saturated rings. The van der Waals surface area contributed by atoms with E-state index >= 15 is 0 Å². The Bertz CT molecular complexity index is 3560. The molecule has 0 spiro atoms. The number of fused-ring (bicyclic) bond motifs is 9. The smallest absolute Gasteiger partial charge is 0.227 e. The fourth-order valence-electron chi connectivity index (χ4n) is 8.79. The molecule has 0 atom stereocenters. The van der Waals surface area contributed by atoms with Crippen LogP contribution in [0.1, 0.15) is 0 Å². The average molecular weight is 755 g/mol. The number of para-hydroxylation sites is 1. The Morgan fingerprint density at radius 2 is 0.949 bits per heavy atom. The topological polar surface area (TPSA) is 42.4 Å². The summed E-state index contributed by atoms with van der Waals surface area (Å²) in [5.41, 5.74) is 12.2.